The summed E-state index contributed by atoms with van der Waals surface area (Å²) in [5, 5.41) is 18.5. The fourth-order valence-corrected chi connectivity index (χ4v) is 3.46. The van der Waals surface area contributed by atoms with Crippen molar-refractivity contribution in [3.05, 3.63) is 52.2 Å². The number of rotatable bonds is 6. The van der Waals surface area contributed by atoms with E-state index >= 15 is 0 Å². The van der Waals surface area contributed by atoms with Crippen molar-refractivity contribution in [3.8, 4) is 5.75 Å². The lowest BCUT2D eigenvalue weighted by atomic mass is 10.0. The quantitative estimate of drug-likeness (QED) is 0.791. The summed E-state index contributed by atoms with van der Waals surface area (Å²) in [6.45, 7) is 0. The molecule has 1 atom stereocenters. The number of ether oxygens (including phenoxy) is 1. The number of benzene rings is 1. The SMILES string of the molecule is COc1ccc(C2CC(c3cccs3)=NN2C(=O)CCC(=O)[O-])cc1. The number of hydrogen-bond acceptors (Lipinski definition) is 6. The van der Waals surface area contributed by atoms with Gasteiger partial charge in [0.05, 0.1) is 23.7 Å². The Hall–Kier alpha value is -2.67. The zero-order chi connectivity index (χ0) is 17.8. The van der Waals surface area contributed by atoms with Gasteiger partial charge in [0.1, 0.15) is 5.75 Å². The first-order valence-electron chi connectivity index (χ1n) is 7.85. The van der Waals surface area contributed by atoms with Crippen LogP contribution in [0.15, 0.2) is 46.9 Å². The van der Waals surface area contributed by atoms with E-state index in [2.05, 4.69) is 5.10 Å². The van der Waals surface area contributed by atoms with Gasteiger partial charge >= 0.3 is 0 Å². The van der Waals surface area contributed by atoms with Gasteiger partial charge in [0.25, 0.3) is 0 Å². The molecule has 0 saturated carbocycles. The molecule has 0 fully saturated rings. The minimum absolute atomic E-state index is 0.129. The number of nitrogens with zero attached hydrogens (tertiary/aromatic N) is 2. The smallest absolute Gasteiger partial charge is 0.243 e. The molecular formula is C18H17N2O4S-. The number of carbonyl (C=O) groups is 2. The van der Waals surface area contributed by atoms with Crippen molar-refractivity contribution < 1.29 is 19.4 Å². The molecule has 2 heterocycles. The van der Waals surface area contributed by atoms with Crippen molar-refractivity contribution in [2.45, 2.75) is 25.3 Å². The van der Waals surface area contributed by atoms with Crippen molar-refractivity contribution in [2.24, 2.45) is 5.10 Å². The largest absolute Gasteiger partial charge is 0.550 e. The maximum atomic E-state index is 12.5. The maximum Gasteiger partial charge on any atom is 0.243 e. The van der Waals surface area contributed by atoms with Gasteiger partial charge in [-0.15, -0.1) is 11.3 Å². The molecule has 6 nitrogen and oxygen atoms in total. The molecular weight excluding hydrogens is 340 g/mol. The fourth-order valence-electron chi connectivity index (χ4n) is 2.74. The van der Waals surface area contributed by atoms with Crippen molar-refractivity contribution in [1.82, 2.24) is 5.01 Å². The molecule has 0 N–H and O–H groups in total. The third-order valence-corrected chi connectivity index (χ3v) is 4.93. The van der Waals surface area contributed by atoms with Gasteiger partial charge in [-0.05, 0) is 35.6 Å². The third kappa shape index (κ3) is 3.88. The normalized spacial score (nSPS) is 16.6. The molecule has 25 heavy (non-hydrogen) atoms. The first-order chi connectivity index (χ1) is 12.1. The molecule has 0 radical (unpaired) electrons. The molecule has 1 aromatic carbocycles. The van der Waals surface area contributed by atoms with E-state index in [-0.39, 0.29) is 24.8 Å². The van der Waals surface area contributed by atoms with Gasteiger partial charge in [-0.2, -0.15) is 5.10 Å². The lowest BCUT2D eigenvalue weighted by Gasteiger charge is -2.22. The summed E-state index contributed by atoms with van der Waals surface area (Å²) >= 11 is 1.56. The van der Waals surface area contributed by atoms with Gasteiger partial charge in [-0.3, -0.25) is 4.79 Å². The van der Waals surface area contributed by atoms with Crippen LogP contribution in [-0.2, 0) is 9.59 Å². The predicted octanol–water partition coefficient (Wildman–Crippen LogP) is 1.96. The summed E-state index contributed by atoms with van der Waals surface area (Å²) in [5.74, 6) is -0.830. The van der Waals surface area contributed by atoms with E-state index in [4.69, 9.17) is 4.74 Å². The Labute approximate surface area is 149 Å². The second-order valence-corrected chi connectivity index (χ2v) is 6.58. The Balaban J connectivity index is 1.86. The molecule has 1 amide bonds. The minimum Gasteiger partial charge on any atom is -0.550 e. The Morgan fingerprint density at radius 3 is 2.64 bits per heavy atom. The van der Waals surface area contributed by atoms with Crippen LogP contribution < -0.4 is 9.84 Å². The van der Waals surface area contributed by atoms with E-state index in [0.29, 0.717) is 6.42 Å². The standard InChI is InChI=1S/C18H18N2O4S/c1-24-13-6-4-12(5-7-13)15-11-14(16-3-2-10-25-16)19-20(15)17(21)8-9-18(22)23/h2-7,10,15H,8-9,11H2,1H3,(H,22,23)/p-1. The minimum atomic E-state index is -1.24. The highest BCUT2D eigenvalue weighted by Crippen LogP contribution is 2.34. The van der Waals surface area contributed by atoms with Crippen LogP contribution in [0.2, 0.25) is 0 Å². The Morgan fingerprint density at radius 2 is 2.04 bits per heavy atom. The molecule has 1 aliphatic heterocycles. The number of methoxy groups -OCH3 is 1. The molecule has 1 aromatic heterocycles. The van der Waals surface area contributed by atoms with E-state index in [1.165, 1.54) is 5.01 Å². The second kappa shape index (κ2) is 7.48. The summed E-state index contributed by atoms with van der Waals surface area (Å²) < 4.78 is 5.17. The monoisotopic (exact) mass is 357 g/mol. The summed E-state index contributed by atoms with van der Waals surface area (Å²) in [4.78, 5) is 24.1. The molecule has 0 bridgehead atoms. The van der Waals surface area contributed by atoms with Crippen LogP contribution in [0, 0.1) is 0 Å². The lowest BCUT2D eigenvalue weighted by Crippen LogP contribution is -2.29. The van der Waals surface area contributed by atoms with E-state index in [0.717, 1.165) is 21.9 Å². The van der Waals surface area contributed by atoms with Crippen LogP contribution in [0.3, 0.4) is 0 Å². The fraction of sp³-hybridized carbons (Fsp3) is 0.278. The Morgan fingerprint density at radius 1 is 1.28 bits per heavy atom. The number of carboxylic acid groups (broad SMARTS) is 1. The molecule has 2 aromatic rings. The van der Waals surface area contributed by atoms with E-state index in [9.17, 15) is 14.7 Å². The number of amides is 1. The molecule has 1 unspecified atom stereocenters. The molecule has 1 aliphatic rings. The van der Waals surface area contributed by atoms with Crippen molar-refractivity contribution in [3.63, 3.8) is 0 Å². The predicted molar refractivity (Wildman–Crippen MR) is 92.3 cm³/mol. The molecule has 7 heteroatoms. The zero-order valence-corrected chi connectivity index (χ0v) is 14.5. The van der Waals surface area contributed by atoms with Crippen molar-refractivity contribution in [1.29, 1.82) is 0 Å². The average Bonchev–Trinajstić information content (AvgIpc) is 3.29. The summed E-state index contributed by atoms with van der Waals surface area (Å²) in [7, 11) is 1.60. The van der Waals surface area contributed by atoms with E-state index < -0.39 is 5.97 Å². The van der Waals surface area contributed by atoms with Crippen molar-refractivity contribution in [2.75, 3.05) is 7.11 Å². The van der Waals surface area contributed by atoms with E-state index in [1.54, 1.807) is 18.4 Å². The molecule has 130 valence electrons. The number of aliphatic carboxylic acids is 1. The van der Waals surface area contributed by atoms with Gasteiger partial charge in [-0.1, -0.05) is 18.2 Å². The third-order valence-electron chi connectivity index (χ3n) is 4.02. The molecule has 0 spiro atoms. The zero-order valence-electron chi connectivity index (χ0n) is 13.7. The highest BCUT2D eigenvalue weighted by molar-refractivity contribution is 7.12. The Bertz CT molecular complexity index is 784. The van der Waals surface area contributed by atoms with Crippen LogP contribution in [0.4, 0.5) is 0 Å². The lowest BCUT2D eigenvalue weighted by molar-refractivity contribution is -0.305. The summed E-state index contributed by atoms with van der Waals surface area (Å²) in [5.41, 5.74) is 1.76. The van der Waals surface area contributed by atoms with Gasteiger partial charge in [-0.25, -0.2) is 5.01 Å². The summed E-state index contributed by atoms with van der Waals surface area (Å²) in [6, 6.07) is 11.1. The van der Waals surface area contributed by atoms with Crippen LogP contribution >= 0.6 is 11.3 Å². The number of thiophene rings is 1. The number of carbonyl (C=O) groups excluding carboxylic acids is 2. The van der Waals surface area contributed by atoms with Crippen LogP contribution in [0.25, 0.3) is 0 Å². The molecule has 0 saturated heterocycles. The first-order valence-corrected chi connectivity index (χ1v) is 8.73. The molecule has 3 rings (SSSR count). The Kier molecular flexibility index (Phi) is 5.14. The van der Waals surface area contributed by atoms with Crippen molar-refractivity contribution >= 4 is 28.9 Å². The van der Waals surface area contributed by atoms with Crippen LogP contribution in [0.5, 0.6) is 5.75 Å². The van der Waals surface area contributed by atoms with Gasteiger partial charge < -0.3 is 14.6 Å². The number of carboxylic acids is 1. The second-order valence-electron chi connectivity index (χ2n) is 5.63. The highest BCUT2D eigenvalue weighted by Gasteiger charge is 2.33. The van der Waals surface area contributed by atoms with Gasteiger partial charge in [0.15, 0.2) is 0 Å². The van der Waals surface area contributed by atoms with E-state index in [1.807, 2.05) is 41.8 Å². The maximum absolute atomic E-state index is 12.5. The van der Waals surface area contributed by atoms with Gasteiger partial charge in [0, 0.05) is 18.8 Å². The number of hydrazone groups is 1. The molecule has 0 aliphatic carbocycles. The highest BCUT2D eigenvalue weighted by atomic mass is 32.1. The summed E-state index contributed by atoms with van der Waals surface area (Å²) in [6.07, 6.45) is 0.147. The number of hydrogen-bond donors (Lipinski definition) is 0. The average molecular weight is 357 g/mol. The first kappa shape index (κ1) is 17.2. The topological polar surface area (TPSA) is 82.0 Å². The van der Waals surface area contributed by atoms with Crippen LogP contribution in [-0.4, -0.2) is 29.7 Å². The van der Waals surface area contributed by atoms with Gasteiger partial charge in [0.2, 0.25) is 5.91 Å². The van der Waals surface area contributed by atoms with Crippen LogP contribution in [0.1, 0.15) is 35.7 Å².